The summed E-state index contributed by atoms with van der Waals surface area (Å²) in [6, 6.07) is 8.86. The molecule has 0 aliphatic carbocycles. The summed E-state index contributed by atoms with van der Waals surface area (Å²) in [5.41, 5.74) is 3.49. The molecule has 0 saturated heterocycles. The molecule has 0 aliphatic rings. The summed E-state index contributed by atoms with van der Waals surface area (Å²) in [4.78, 5) is 4.39. The average Bonchev–Trinajstić information content (AvgIpc) is 2.60. The average molecular weight is 331 g/mol. The Balaban J connectivity index is 0. The molecule has 0 saturated carbocycles. The van der Waals surface area contributed by atoms with Crippen LogP contribution in [0.2, 0.25) is 0 Å². The molecule has 24 heavy (non-hydrogen) atoms. The lowest BCUT2D eigenvalue weighted by atomic mass is 9.73. The van der Waals surface area contributed by atoms with Crippen molar-refractivity contribution in [1.29, 1.82) is 0 Å². The number of rotatable bonds is 7. The van der Waals surface area contributed by atoms with Gasteiger partial charge in [0.15, 0.2) is 0 Å². The van der Waals surface area contributed by atoms with Crippen molar-refractivity contribution in [3.63, 3.8) is 0 Å². The molecule has 0 bridgehead atoms. The van der Waals surface area contributed by atoms with E-state index in [1.807, 2.05) is 40.0 Å². The van der Waals surface area contributed by atoms with Gasteiger partial charge in [0.25, 0.3) is 0 Å². The van der Waals surface area contributed by atoms with Crippen LogP contribution >= 0.6 is 0 Å². The van der Waals surface area contributed by atoms with Crippen LogP contribution in [0.5, 0.6) is 0 Å². The van der Waals surface area contributed by atoms with Crippen molar-refractivity contribution in [1.82, 2.24) is 0 Å². The van der Waals surface area contributed by atoms with Gasteiger partial charge in [-0.3, -0.25) is 4.99 Å². The number of aliphatic imine (C=N–C) groups is 1. The summed E-state index contributed by atoms with van der Waals surface area (Å²) in [5.74, 6) is 0.512. The molecular formula is C22H38N2. The van der Waals surface area contributed by atoms with Gasteiger partial charge in [-0.2, -0.15) is 0 Å². The maximum atomic E-state index is 4.39. The lowest BCUT2D eigenvalue weighted by molar-refractivity contribution is 0.421. The fourth-order valence-electron chi connectivity index (χ4n) is 2.27. The van der Waals surface area contributed by atoms with Crippen molar-refractivity contribution >= 4 is 11.4 Å². The predicted molar refractivity (Wildman–Crippen MR) is 113 cm³/mol. The minimum Gasteiger partial charge on any atom is -0.377 e. The molecular weight excluding hydrogens is 292 g/mol. The van der Waals surface area contributed by atoms with Crippen molar-refractivity contribution in [2.75, 3.05) is 5.32 Å². The van der Waals surface area contributed by atoms with Gasteiger partial charge in [0.05, 0.1) is 6.04 Å². The van der Waals surface area contributed by atoms with E-state index in [0.29, 0.717) is 5.92 Å². The number of anilines is 1. The van der Waals surface area contributed by atoms with E-state index in [4.69, 9.17) is 0 Å². The predicted octanol–water partition coefficient (Wildman–Crippen LogP) is 6.85. The van der Waals surface area contributed by atoms with Gasteiger partial charge in [-0.25, -0.2) is 0 Å². The molecule has 0 heterocycles. The van der Waals surface area contributed by atoms with Gasteiger partial charge >= 0.3 is 0 Å². The van der Waals surface area contributed by atoms with Crippen molar-refractivity contribution in [3.8, 4) is 0 Å². The summed E-state index contributed by atoms with van der Waals surface area (Å²) in [7, 11) is 0. The number of hydrogen-bond donors (Lipinski definition) is 1. The zero-order valence-corrected chi connectivity index (χ0v) is 16.9. The van der Waals surface area contributed by atoms with E-state index >= 15 is 0 Å². The van der Waals surface area contributed by atoms with Crippen molar-refractivity contribution in [3.05, 3.63) is 54.8 Å². The Bertz CT molecular complexity index is 544. The third-order valence-corrected chi connectivity index (χ3v) is 4.57. The first kappa shape index (κ1) is 22.2. The molecule has 0 radical (unpaired) electrons. The van der Waals surface area contributed by atoms with Crippen LogP contribution in [-0.2, 0) is 5.41 Å². The highest BCUT2D eigenvalue weighted by Crippen LogP contribution is 2.33. The molecule has 2 heteroatoms. The van der Waals surface area contributed by atoms with Crippen LogP contribution in [-0.4, -0.2) is 11.8 Å². The Morgan fingerprint density at radius 2 is 1.75 bits per heavy atom. The molecule has 1 N–H and O–H groups in total. The third-order valence-electron chi connectivity index (χ3n) is 4.57. The maximum Gasteiger partial charge on any atom is 0.0615 e. The SMILES string of the molecule is C=CC(C)(c1ccc(NC(C)C(C)=N/C=C\C)cc1)C(C)C.CC.[HH]. The lowest BCUT2D eigenvalue weighted by Gasteiger charge is -2.31. The fraction of sp³-hybridized carbons (Fsp3) is 0.500. The number of nitrogens with zero attached hydrogens (tertiary/aromatic N) is 1. The molecule has 136 valence electrons. The molecule has 1 aromatic rings. The molecule has 0 spiro atoms. The molecule has 1 aromatic carbocycles. The molecule has 0 fully saturated rings. The second kappa shape index (κ2) is 10.9. The van der Waals surface area contributed by atoms with Crippen LogP contribution in [0.4, 0.5) is 5.69 Å². The topological polar surface area (TPSA) is 24.4 Å². The van der Waals surface area contributed by atoms with E-state index in [2.05, 4.69) is 74.9 Å². The quantitative estimate of drug-likeness (QED) is 0.429. The largest absolute Gasteiger partial charge is 0.377 e. The zero-order chi connectivity index (χ0) is 18.8. The zero-order valence-electron chi connectivity index (χ0n) is 16.9. The Labute approximate surface area is 151 Å². The minimum absolute atomic E-state index is 0. The summed E-state index contributed by atoms with van der Waals surface area (Å²) in [6.45, 7) is 20.9. The monoisotopic (exact) mass is 330 g/mol. The number of allylic oxidation sites excluding steroid dienone is 2. The fourth-order valence-corrected chi connectivity index (χ4v) is 2.27. The third kappa shape index (κ3) is 5.99. The summed E-state index contributed by atoms with van der Waals surface area (Å²) in [5, 5.41) is 3.49. The molecule has 2 atom stereocenters. The molecule has 0 aliphatic heterocycles. The van der Waals surface area contributed by atoms with E-state index in [9.17, 15) is 0 Å². The van der Waals surface area contributed by atoms with Gasteiger partial charge in [0.2, 0.25) is 0 Å². The van der Waals surface area contributed by atoms with Gasteiger partial charge in [0.1, 0.15) is 0 Å². The number of hydrogen-bond acceptors (Lipinski definition) is 2. The highest BCUT2D eigenvalue weighted by molar-refractivity contribution is 5.89. The summed E-state index contributed by atoms with van der Waals surface area (Å²) >= 11 is 0. The Hall–Kier alpha value is -1.83. The van der Waals surface area contributed by atoms with E-state index in [0.717, 1.165) is 11.4 Å². The lowest BCUT2D eigenvalue weighted by Crippen LogP contribution is -2.26. The first-order chi connectivity index (χ1) is 11.3. The van der Waals surface area contributed by atoms with Crippen LogP contribution < -0.4 is 5.32 Å². The Morgan fingerprint density at radius 1 is 1.21 bits per heavy atom. The maximum absolute atomic E-state index is 4.39. The minimum atomic E-state index is 0. The number of benzene rings is 1. The highest BCUT2D eigenvalue weighted by Gasteiger charge is 2.26. The van der Waals surface area contributed by atoms with Crippen molar-refractivity contribution in [2.45, 2.75) is 66.8 Å². The Kier molecular flexibility index (Phi) is 10.0. The van der Waals surface area contributed by atoms with Crippen molar-refractivity contribution < 1.29 is 1.43 Å². The summed E-state index contributed by atoms with van der Waals surface area (Å²) < 4.78 is 0. The van der Waals surface area contributed by atoms with E-state index in [1.54, 1.807) is 0 Å². The van der Waals surface area contributed by atoms with Crippen LogP contribution in [0.3, 0.4) is 0 Å². The first-order valence-corrected chi connectivity index (χ1v) is 9.01. The standard InChI is InChI=1S/C20H30N2.C2H6.H2/c1-8-14-21-16(5)17(6)22-19-12-10-18(11-13-19)20(7,9-2)15(3)4;1-2;/h8-15,17,22H,2H2,1,3-7H3;1-2H3;1H/b14-8-,21-16?;;. The smallest absolute Gasteiger partial charge is 0.0615 e. The van der Waals surface area contributed by atoms with Gasteiger partial charge in [-0.1, -0.05) is 58.9 Å². The van der Waals surface area contributed by atoms with Crippen LogP contribution in [0.1, 0.15) is 62.4 Å². The number of nitrogens with one attached hydrogen (secondary N) is 1. The molecule has 0 aromatic heterocycles. The van der Waals surface area contributed by atoms with E-state index in [-0.39, 0.29) is 12.9 Å². The first-order valence-electron chi connectivity index (χ1n) is 9.01. The highest BCUT2D eigenvalue weighted by atomic mass is 14.9. The van der Waals surface area contributed by atoms with Gasteiger partial charge in [-0.05, 0) is 44.4 Å². The van der Waals surface area contributed by atoms with E-state index in [1.165, 1.54) is 5.56 Å². The molecule has 0 amide bonds. The van der Waals surface area contributed by atoms with Crippen LogP contribution in [0.15, 0.2) is 54.2 Å². The molecule has 2 unspecified atom stereocenters. The van der Waals surface area contributed by atoms with Crippen LogP contribution in [0, 0.1) is 5.92 Å². The second-order valence-corrected chi connectivity index (χ2v) is 6.34. The van der Waals surface area contributed by atoms with Gasteiger partial charge in [0, 0.05) is 24.4 Å². The van der Waals surface area contributed by atoms with Gasteiger partial charge < -0.3 is 5.32 Å². The van der Waals surface area contributed by atoms with Crippen molar-refractivity contribution in [2.24, 2.45) is 10.9 Å². The second-order valence-electron chi connectivity index (χ2n) is 6.34. The van der Waals surface area contributed by atoms with Crippen LogP contribution in [0.25, 0.3) is 0 Å². The normalized spacial score (nSPS) is 15.5. The van der Waals surface area contributed by atoms with Gasteiger partial charge in [-0.15, -0.1) is 6.58 Å². The van der Waals surface area contributed by atoms with E-state index < -0.39 is 0 Å². The molecule has 1 rings (SSSR count). The summed E-state index contributed by atoms with van der Waals surface area (Å²) in [6.07, 6.45) is 5.82. The Morgan fingerprint density at radius 3 is 2.17 bits per heavy atom. The molecule has 2 nitrogen and oxygen atoms in total.